The van der Waals surface area contributed by atoms with E-state index in [-0.39, 0.29) is 6.04 Å². The molecule has 0 amide bonds. The SMILES string of the molecule is CNC(c1ccc2cccnc2c1)c1ccc(C)o1. The van der Waals surface area contributed by atoms with Crippen LogP contribution in [0.3, 0.4) is 0 Å². The van der Waals surface area contributed by atoms with Crippen molar-refractivity contribution >= 4 is 10.9 Å². The Bertz CT molecular complexity index is 703. The normalized spacial score (nSPS) is 12.7. The van der Waals surface area contributed by atoms with Crippen LogP contribution in [0, 0.1) is 6.92 Å². The van der Waals surface area contributed by atoms with E-state index >= 15 is 0 Å². The van der Waals surface area contributed by atoms with Gasteiger partial charge < -0.3 is 9.73 Å². The van der Waals surface area contributed by atoms with Crippen LogP contribution < -0.4 is 5.32 Å². The minimum absolute atomic E-state index is 0.0557. The molecule has 0 aliphatic heterocycles. The molecule has 2 aromatic heterocycles. The van der Waals surface area contributed by atoms with Crippen LogP contribution in [0.5, 0.6) is 0 Å². The smallest absolute Gasteiger partial charge is 0.125 e. The molecule has 0 aliphatic rings. The third-order valence-electron chi connectivity index (χ3n) is 3.30. The van der Waals surface area contributed by atoms with Crippen molar-refractivity contribution in [3.63, 3.8) is 0 Å². The zero-order valence-electron chi connectivity index (χ0n) is 11.1. The first-order chi connectivity index (χ1) is 9.28. The Hall–Kier alpha value is -2.13. The molecule has 0 spiro atoms. The van der Waals surface area contributed by atoms with Gasteiger partial charge in [-0.15, -0.1) is 0 Å². The molecule has 0 bridgehead atoms. The highest BCUT2D eigenvalue weighted by molar-refractivity contribution is 5.79. The molecule has 3 aromatic rings. The number of hydrogen-bond donors (Lipinski definition) is 1. The monoisotopic (exact) mass is 252 g/mol. The van der Waals surface area contributed by atoms with E-state index in [1.807, 2.05) is 38.4 Å². The number of furan rings is 1. The molecule has 1 N–H and O–H groups in total. The topological polar surface area (TPSA) is 38.1 Å². The zero-order valence-corrected chi connectivity index (χ0v) is 11.1. The third-order valence-corrected chi connectivity index (χ3v) is 3.30. The van der Waals surface area contributed by atoms with Gasteiger partial charge in [-0.1, -0.05) is 18.2 Å². The number of rotatable bonds is 3. The van der Waals surface area contributed by atoms with E-state index in [1.54, 1.807) is 0 Å². The maximum absolute atomic E-state index is 5.72. The summed E-state index contributed by atoms with van der Waals surface area (Å²) < 4.78 is 5.72. The number of benzene rings is 1. The Balaban J connectivity index is 2.06. The second-order valence-corrected chi connectivity index (χ2v) is 4.63. The van der Waals surface area contributed by atoms with Gasteiger partial charge in [0.15, 0.2) is 0 Å². The fourth-order valence-corrected chi connectivity index (χ4v) is 2.34. The number of nitrogens with one attached hydrogen (secondary N) is 1. The lowest BCUT2D eigenvalue weighted by Crippen LogP contribution is -2.16. The second-order valence-electron chi connectivity index (χ2n) is 4.63. The van der Waals surface area contributed by atoms with Crippen LogP contribution in [0.25, 0.3) is 10.9 Å². The fourth-order valence-electron chi connectivity index (χ4n) is 2.34. The molecule has 0 saturated carbocycles. The summed E-state index contributed by atoms with van der Waals surface area (Å²) >= 11 is 0. The Kier molecular flexibility index (Phi) is 3.05. The molecule has 3 heteroatoms. The fraction of sp³-hybridized carbons (Fsp3) is 0.188. The molecule has 3 rings (SSSR count). The van der Waals surface area contributed by atoms with Crippen molar-refractivity contribution in [1.29, 1.82) is 0 Å². The third kappa shape index (κ3) is 2.25. The van der Waals surface area contributed by atoms with Crippen molar-refractivity contribution in [2.75, 3.05) is 7.05 Å². The van der Waals surface area contributed by atoms with Gasteiger partial charge in [-0.25, -0.2) is 0 Å². The first-order valence-electron chi connectivity index (χ1n) is 6.36. The second kappa shape index (κ2) is 4.86. The van der Waals surface area contributed by atoms with E-state index in [0.29, 0.717) is 0 Å². The van der Waals surface area contributed by atoms with E-state index < -0.39 is 0 Å². The van der Waals surface area contributed by atoms with Crippen molar-refractivity contribution in [1.82, 2.24) is 10.3 Å². The summed E-state index contributed by atoms with van der Waals surface area (Å²) in [7, 11) is 1.94. The Morgan fingerprint density at radius 3 is 2.79 bits per heavy atom. The Morgan fingerprint density at radius 2 is 2.05 bits per heavy atom. The van der Waals surface area contributed by atoms with Crippen molar-refractivity contribution < 1.29 is 4.42 Å². The van der Waals surface area contributed by atoms with Crippen LogP contribution in [0.4, 0.5) is 0 Å². The minimum Gasteiger partial charge on any atom is -0.464 e. The quantitative estimate of drug-likeness (QED) is 0.776. The number of aryl methyl sites for hydroxylation is 1. The number of hydrogen-bond acceptors (Lipinski definition) is 3. The van der Waals surface area contributed by atoms with E-state index in [1.165, 1.54) is 0 Å². The van der Waals surface area contributed by atoms with Crippen LogP contribution in [0.2, 0.25) is 0 Å². The van der Waals surface area contributed by atoms with Gasteiger partial charge in [0.2, 0.25) is 0 Å². The molecule has 19 heavy (non-hydrogen) atoms. The molecule has 0 aliphatic carbocycles. The van der Waals surface area contributed by atoms with Gasteiger partial charge in [-0.05, 0) is 43.8 Å². The molecule has 2 heterocycles. The average molecular weight is 252 g/mol. The average Bonchev–Trinajstić information content (AvgIpc) is 2.86. The van der Waals surface area contributed by atoms with Crippen molar-refractivity contribution in [2.45, 2.75) is 13.0 Å². The van der Waals surface area contributed by atoms with Gasteiger partial charge in [-0.2, -0.15) is 0 Å². The lowest BCUT2D eigenvalue weighted by molar-refractivity contribution is 0.444. The summed E-state index contributed by atoms with van der Waals surface area (Å²) in [6.45, 7) is 1.96. The lowest BCUT2D eigenvalue weighted by Gasteiger charge is -2.14. The van der Waals surface area contributed by atoms with Gasteiger partial charge in [-0.3, -0.25) is 4.98 Å². The molecule has 1 atom stereocenters. The predicted octanol–water partition coefficient (Wildman–Crippen LogP) is 3.45. The predicted molar refractivity (Wildman–Crippen MR) is 76.1 cm³/mol. The molecule has 1 unspecified atom stereocenters. The van der Waals surface area contributed by atoms with Gasteiger partial charge in [0.1, 0.15) is 11.5 Å². The minimum atomic E-state index is 0.0557. The van der Waals surface area contributed by atoms with Crippen LogP contribution >= 0.6 is 0 Å². The molecule has 3 nitrogen and oxygen atoms in total. The van der Waals surface area contributed by atoms with E-state index in [0.717, 1.165) is 28.0 Å². The summed E-state index contributed by atoms with van der Waals surface area (Å²) in [5, 5.41) is 4.44. The maximum Gasteiger partial charge on any atom is 0.125 e. The van der Waals surface area contributed by atoms with Crippen molar-refractivity contribution in [2.24, 2.45) is 0 Å². The summed E-state index contributed by atoms with van der Waals surface area (Å²) in [4.78, 5) is 4.40. The molecule has 0 fully saturated rings. The Morgan fingerprint density at radius 1 is 1.16 bits per heavy atom. The number of pyridine rings is 1. The highest BCUT2D eigenvalue weighted by Crippen LogP contribution is 2.25. The van der Waals surface area contributed by atoms with Crippen LogP contribution in [0.15, 0.2) is 53.1 Å². The Labute approximate surface area is 112 Å². The van der Waals surface area contributed by atoms with Crippen molar-refractivity contribution in [3.8, 4) is 0 Å². The van der Waals surface area contributed by atoms with Gasteiger partial charge in [0.05, 0.1) is 11.6 Å². The first-order valence-corrected chi connectivity index (χ1v) is 6.36. The van der Waals surface area contributed by atoms with Crippen molar-refractivity contribution in [3.05, 3.63) is 65.7 Å². The highest BCUT2D eigenvalue weighted by Gasteiger charge is 2.15. The molecular weight excluding hydrogens is 236 g/mol. The largest absolute Gasteiger partial charge is 0.464 e. The van der Waals surface area contributed by atoms with Crippen LogP contribution in [-0.4, -0.2) is 12.0 Å². The van der Waals surface area contributed by atoms with Crippen LogP contribution in [0.1, 0.15) is 23.1 Å². The summed E-state index contributed by atoms with van der Waals surface area (Å²) in [5.74, 6) is 1.85. The lowest BCUT2D eigenvalue weighted by atomic mass is 10.0. The van der Waals surface area contributed by atoms with Gasteiger partial charge >= 0.3 is 0 Å². The van der Waals surface area contributed by atoms with Gasteiger partial charge in [0.25, 0.3) is 0 Å². The van der Waals surface area contributed by atoms with Gasteiger partial charge in [0, 0.05) is 11.6 Å². The highest BCUT2D eigenvalue weighted by atomic mass is 16.3. The molecule has 96 valence electrons. The summed E-state index contributed by atoms with van der Waals surface area (Å²) in [6, 6.07) is 14.4. The van der Waals surface area contributed by atoms with E-state index in [4.69, 9.17) is 4.42 Å². The number of aromatic nitrogens is 1. The molecular formula is C16H16N2O. The summed E-state index contributed by atoms with van der Waals surface area (Å²) in [5.41, 5.74) is 2.16. The standard InChI is InChI=1S/C16H16N2O/c1-11-5-8-15(19-11)16(17-2)13-7-6-12-4-3-9-18-14(12)10-13/h3-10,16-17H,1-2H3. The number of nitrogens with zero attached hydrogens (tertiary/aromatic N) is 1. The maximum atomic E-state index is 5.72. The van der Waals surface area contributed by atoms with E-state index in [9.17, 15) is 0 Å². The molecule has 0 saturated heterocycles. The molecule has 1 aromatic carbocycles. The van der Waals surface area contributed by atoms with Crippen LogP contribution in [-0.2, 0) is 0 Å². The molecule has 0 radical (unpaired) electrons. The number of fused-ring (bicyclic) bond motifs is 1. The van der Waals surface area contributed by atoms with E-state index in [2.05, 4.69) is 34.6 Å². The first kappa shape index (κ1) is 11.9. The zero-order chi connectivity index (χ0) is 13.2. The summed E-state index contributed by atoms with van der Waals surface area (Å²) in [6.07, 6.45) is 1.82.